The fourth-order valence-electron chi connectivity index (χ4n) is 3.61. The minimum atomic E-state index is -0.696. The number of hydrazone groups is 1. The summed E-state index contributed by atoms with van der Waals surface area (Å²) in [5, 5.41) is 15.5. The van der Waals surface area contributed by atoms with E-state index in [1.165, 1.54) is 36.6 Å². The van der Waals surface area contributed by atoms with Gasteiger partial charge in [0.15, 0.2) is 18.1 Å². The minimum absolute atomic E-state index is 0.0101. The van der Waals surface area contributed by atoms with Crippen molar-refractivity contribution < 1.29 is 33.3 Å². The van der Waals surface area contributed by atoms with Crippen molar-refractivity contribution in [1.29, 1.82) is 0 Å². The molecule has 1 amide bonds. The predicted octanol–water partition coefficient (Wildman–Crippen LogP) is 3.94. The Kier molecular flexibility index (Phi) is 7.15. The maximum absolute atomic E-state index is 12.9. The highest BCUT2D eigenvalue weighted by atomic mass is 16.5. The number of phenolic OH excluding ortho intramolecular Hbond substituents is 1. The van der Waals surface area contributed by atoms with Crippen LogP contribution in [0.5, 0.6) is 17.2 Å². The molecule has 1 unspecified atom stereocenters. The van der Waals surface area contributed by atoms with Gasteiger partial charge in [0.2, 0.25) is 0 Å². The van der Waals surface area contributed by atoms with Crippen LogP contribution in [0, 0.1) is 0 Å². The first-order valence-corrected chi connectivity index (χ1v) is 10.8. The molecule has 9 nitrogen and oxygen atoms in total. The molecule has 1 aromatic heterocycles. The van der Waals surface area contributed by atoms with E-state index in [0.29, 0.717) is 29.2 Å². The second kappa shape index (κ2) is 10.6. The second-order valence-corrected chi connectivity index (χ2v) is 7.62. The summed E-state index contributed by atoms with van der Waals surface area (Å²) in [4.78, 5) is 25.1. The SMILES string of the molecule is COc1ccc(C2=NN(C(=O)COC(=O)/C=C/c3ccc(O)c(OC)c3)C(c3ccco3)C2)cc1. The van der Waals surface area contributed by atoms with Crippen LogP contribution in [0.1, 0.15) is 29.3 Å². The number of hydrogen-bond donors (Lipinski definition) is 1. The van der Waals surface area contributed by atoms with E-state index < -0.39 is 24.5 Å². The number of methoxy groups -OCH3 is 2. The van der Waals surface area contributed by atoms with Gasteiger partial charge in [-0.05, 0) is 65.7 Å². The lowest BCUT2D eigenvalue weighted by atomic mass is 10.0. The number of phenols is 1. The topological polar surface area (TPSA) is 111 Å². The van der Waals surface area contributed by atoms with Gasteiger partial charge in [-0.1, -0.05) is 6.07 Å². The standard InChI is InChI=1S/C26H24N2O7/c1-32-19-9-7-18(8-10-19)20-15-21(23-4-3-13-34-23)28(27-20)25(30)16-35-26(31)12-6-17-5-11-22(29)24(14-17)33-2/h3-14,21,29H,15-16H2,1-2H3/b12-6+. The van der Waals surface area contributed by atoms with Crippen molar-refractivity contribution in [3.63, 3.8) is 0 Å². The molecule has 0 bridgehead atoms. The number of hydrogen-bond acceptors (Lipinski definition) is 8. The number of amides is 1. The van der Waals surface area contributed by atoms with Crippen molar-refractivity contribution in [3.05, 3.63) is 83.8 Å². The molecule has 3 aromatic rings. The molecule has 1 aliphatic rings. The maximum atomic E-state index is 12.9. The number of carbonyl (C=O) groups excluding carboxylic acids is 2. The third kappa shape index (κ3) is 5.52. The molecule has 0 aliphatic carbocycles. The van der Waals surface area contributed by atoms with Crippen LogP contribution in [-0.2, 0) is 14.3 Å². The van der Waals surface area contributed by atoms with Crippen molar-refractivity contribution in [3.8, 4) is 17.2 Å². The van der Waals surface area contributed by atoms with Gasteiger partial charge in [0.25, 0.3) is 5.91 Å². The first kappa shape index (κ1) is 23.6. The molecule has 4 rings (SSSR count). The summed E-state index contributed by atoms with van der Waals surface area (Å²) in [6.45, 7) is -0.487. The van der Waals surface area contributed by atoms with Crippen molar-refractivity contribution in [1.82, 2.24) is 5.01 Å². The van der Waals surface area contributed by atoms with Gasteiger partial charge in [0, 0.05) is 12.5 Å². The lowest BCUT2D eigenvalue weighted by Crippen LogP contribution is -2.31. The van der Waals surface area contributed by atoms with E-state index in [4.69, 9.17) is 18.6 Å². The fraction of sp³-hybridized carbons (Fsp3) is 0.192. The monoisotopic (exact) mass is 476 g/mol. The number of rotatable bonds is 8. The summed E-state index contributed by atoms with van der Waals surface area (Å²) >= 11 is 0. The van der Waals surface area contributed by atoms with Crippen molar-refractivity contribution in [2.75, 3.05) is 20.8 Å². The van der Waals surface area contributed by atoms with Gasteiger partial charge in [-0.3, -0.25) is 4.79 Å². The summed E-state index contributed by atoms with van der Waals surface area (Å²) in [7, 11) is 3.02. The summed E-state index contributed by atoms with van der Waals surface area (Å²) in [6, 6.07) is 15.1. The molecule has 0 spiro atoms. The van der Waals surface area contributed by atoms with E-state index in [0.717, 1.165) is 5.56 Å². The van der Waals surface area contributed by atoms with Gasteiger partial charge in [0.1, 0.15) is 17.6 Å². The van der Waals surface area contributed by atoms with Gasteiger partial charge in [-0.2, -0.15) is 5.10 Å². The van der Waals surface area contributed by atoms with Crippen molar-refractivity contribution >= 4 is 23.7 Å². The molecule has 180 valence electrons. The fourth-order valence-corrected chi connectivity index (χ4v) is 3.61. The zero-order valence-electron chi connectivity index (χ0n) is 19.2. The molecule has 0 fully saturated rings. The number of benzene rings is 2. The molecule has 1 aliphatic heterocycles. The molecule has 0 radical (unpaired) electrons. The van der Waals surface area contributed by atoms with Crippen LogP contribution in [-0.4, -0.2) is 48.5 Å². The summed E-state index contributed by atoms with van der Waals surface area (Å²) in [6.07, 6.45) is 4.67. The van der Waals surface area contributed by atoms with E-state index in [2.05, 4.69) is 5.10 Å². The van der Waals surface area contributed by atoms with Crippen LogP contribution in [0.15, 0.2) is 76.5 Å². The van der Waals surface area contributed by atoms with Gasteiger partial charge < -0.3 is 23.7 Å². The van der Waals surface area contributed by atoms with Crippen LogP contribution in [0.3, 0.4) is 0 Å². The van der Waals surface area contributed by atoms with Gasteiger partial charge >= 0.3 is 5.97 Å². The van der Waals surface area contributed by atoms with Crippen LogP contribution >= 0.6 is 0 Å². The zero-order chi connectivity index (χ0) is 24.8. The van der Waals surface area contributed by atoms with E-state index in [9.17, 15) is 14.7 Å². The average molecular weight is 476 g/mol. The molecule has 9 heteroatoms. The van der Waals surface area contributed by atoms with Crippen LogP contribution in [0.25, 0.3) is 6.08 Å². The Hall–Kier alpha value is -4.53. The van der Waals surface area contributed by atoms with E-state index >= 15 is 0 Å². The average Bonchev–Trinajstić information content (AvgIpc) is 3.57. The largest absolute Gasteiger partial charge is 0.504 e. The Morgan fingerprint density at radius 1 is 1.14 bits per heavy atom. The van der Waals surface area contributed by atoms with Gasteiger partial charge in [-0.25, -0.2) is 9.80 Å². The third-order valence-corrected chi connectivity index (χ3v) is 5.41. The second-order valence-electron chi connectivity index (χ2n) is 7.62. The summed E-state index contributed by atoms with van der Waals surface area (Å²) in [5.41, 5.74) is 2.17. The number of carbonyl (C=O) groups is 2. The molecular weight excluding hydrogens is 452 g/mol. The quantitative estimate of drug-likeness (QED) is 0.387. The molecule has 1 N–H and O–H groups in total. The molecule has 0 saturated carbocycles. The van der Waals surface area contributed by atoms with Crippen LogP contribution < -0.4 is 9.47 Å². The Bertz CT molecular complexity index is 1250. The Morgan fingerprint density at radius 3 is 2.63 bits per heavy atom. The maximum Gasteiger partial charge on any atom is 0.331 e. The zero-order valence-corrected chi connectivity index (χ0v) is 19.2. The summed E-state index contributed by atoms with van der Waals surface area (Å²) in [5.74, 6) is 0.386. The molecule has 0 saturated heterocycles. The van der Waals surface area contributed by atoms with E-state index in [1.54, 1.807) is 31.4 Å². The highest BCUT2D eigenvalue weighted by Gasteiger charge is 2.35. The Morgan fingerprint density at radius 2 is 1.94 bits per heavy atom. The molecule has 1 atom stereocenters. The third-order valence-electron chi connectivity index (χ3n) is 5.41. The molecule has 2 heterocycles. The number of nitrogens with zero attached hydrogens (tertiary/aromatic N) is 2. The normalized spacial score (nSPS) is 15.2. The molecular formula is C26H24N2O7. The molecule has 2 aromatic carbocycles. The first-order valence-electron chi connectivity index (χ1n) is 10.8. The highest BCUT2D eigenvalue weighted by molar-refractivity contribution is 6.03. The lowest BCUT2D eigenvalue weighted by molar-refractivity contribution is -0.149. The number of furan rings is 1. The van der Waals surface area contributed by atoms with Gasteiger partial charge in [-0.15, -0.1) is 0 Å². The van der Waals surface area contributed by atoms with Crippen LogP contribution in [0.2, 0.25) is 0 Å². The van der Waals surface area contributed by atoms with Crippen LogP contribution in [0.4, 0.5) is 0 Å². The number of esters is 1. The predicted molar refractivity (Wildman–Crippen MR) is 127 cm³/mol. The Balaban J connectivity index is 1.43. The number of ether oxygens (including phenoxy) is 3. The first-order chi connectivity index (χ1) is 17.0. The van der Waals surface area contributed by atoms with E-state index in [1.807, 2.05) is 24.3 Å². The summed E-state index contributed by atoms with van der Waals surface area (Å²) < 4.78 is 20.9. The van der Waals surface area contributed by atoms with Crippen molar-refractivity contribution in [2.24, 2.45) is 5.10 Å². The molecule has 35 heavy (non-hydrogen) atoms. The minimum Gasteiger partial charge on any atom is -0.504 e. The number of aromatic hydroxyl groups is 1. The highest BCUT2D eigenvalue weighted by Crippen LogP contribution is 2.33. The van der Waals surface area contributed by atoms with Crippen molar-refractivity contribution in [2.45, 2.75) is 12.5 Å². The van der Waals surface area contributed by atoms with E-state index in [-0.39, 0.29) is 11.5 Å². The lowest BCUT2D eigenvalue weighted by Gasteiger charge is -2.19. The smallest absolute Gasteiger partial charge is 0.331 e. The Labute approximate surface area is 201 Å². The van der Waals surface area contributed by atoms with Gasteiger partial charge in [0.05, 0.1) is 26.2 Å².